The van der Waals surface area contributed by atoms with E-state index in [9.17, 15) is 9.59 Å². The number of carbonyl (C=O) groups excluding carboxylic acids is 2. The predicted octanol–water partition coefficient (Wildman–Crippen LogP) is 3.25. The number of benzene rings is 2. The summed E-state index contributed by atoms with van der Waals surface area (Å²) in [6.07, 6.45) is 0. The molecule has 138 valence electrons. The van der Waals surface area contributed by atoms with E-state index in [4.69, 9.17) is 16.3 Å². The van der Waals surface area contributed by atoms with Crippen LogP contribution in [-0.4, -0.2) is 43.5 Å². The van der Waals surface area contributed by atoms with Crippen molar-refractivity contribution < 1.29 is 14.3 Å². The minimum absolute atomic E-state index is 0.0708. The van der Waals surface area contributed by atoms with E-state index in [-0.39, 0.29) is 18.4 Å². The van der Waals surface area contributed by atoms with Gasteiger partial charge in [-0.15, -0.1) is 0 Å². The molecule has 0 unspecified atom stereocenters. The van der Waals surface area contributed by atoms with Gasteiger partial charge < -0.3 is 15.4 Å². The van der Waals surface area contributed by atoms with Gasteiger partial charge in [0.05, 0.1) is 19.7 Å². The van der Waals surface area contributed by atoms with E-state index in [2.05, 4.69) is 10.6 Å². The first-order valence-electron chi connectivity index (χ1n) is 8.09. The maximum atomic E-state index is 12.3. The fourth-order valence-corrected chi connectivity index (χ4v) is 2.47. The molecule has 1 atom stereocenters. The van der Waals surface area contributed by atoms with Crippen LogP contribution in [0.3, 0.4) is 0 Å². The van der Waals surface area contributed by atoms with E-state index >= 15 is 0 Å². The summed E-state index contributed by atoms with van der Waals surface area (Å²) in [7, 11) is 3.28. The Balaban J connectivity index is 1.89. The summed E-state index contributed by atoms with van der Waals surface area (Å²) in [5.41, 5.74) is 1.25. The standard InChI is InChI=1S/C19H22ClN3O3/c1-13(19(25)22-15-7-4-6-14(20)10-15)23(2)12-18(24)21-16-8-5-9-17(11-16)26-3/h4-11,13H,12H2,1-3H3,(H,21,24)(H,22,25)/t13-/m0/s1. The van der Waals surface area contributed by atoms with Crippen LogP contribution in [0, 0.1) is 0 Å². The van der Waals surface area contributed by atoms with Crippen molar-refractivity contribution >= 4 is 34.8 Å². The van der Waals surface area contributed by atoms with Crippen molar-refractivity contribution in [3.63, 3.8) is 0 Å². The molecule has 2 rings (SSSR count). The molecule has 0 aliphatic carbocycles. The Morgan fingerprint density at radius 1 is 1.12 bits per heavy atom. The van der Waals surface area contributed by atoms with Crippen LogP contribution >= 0.6 is 11.6 Å². The maximum absolute atomic E-state index is 12.3. The molecule has 26 heavy (non-hydrogen) atoms. The second-order valence-electron chi connectivity index (χ2n) is 5.87. The zero-order valence-corrected chi connectivity index (χ0v) is 15.7. The van der Waals surface area contributed by atoms with Gasteiger partial charge in [-0.05, 0) is 44.3 Å². The topological polar surface area (TPSA) is 70.7 Å². The minimum Gasteiger partial charge on any atom is -0.497 e. The van der Waals surface area contributed by atoms with Crippen molar-refractivity contribution in [2.45, 2.75) is 13.0 Å². The van der Waals surface area contributed by atoms with E-state index in [1.165, 1.54) is 0 Å². The number of likely N-dealkylation sites (N-methyl/N-ethyl adjacent to an activating group) is 1. The summed E-state index contributed by atoms with van der Waals surface area (Å²) < 4.78 is 5.13. The first-order chi connectivity index (χ1) is 12.4. The predicted molar refractivity (Wildman–Crippen MR) is 104 cm³/mol. The summed E-state index contributed by atoms with van der Waals surface area (Å²) in [5.74, 6) is 0.220. The molecule has 0 bridgehead atoms. The molecule has 0 aromatic heterocycles. The number of hydrogen-bond donors (Lipinski definition) is 2. The Morgan fingerprint density at radius 3 is 2.42 bits per heavy atom. The van der Waals surface area contributed by atoms with Crippen LogP contribution in [0.4, 0.5) is 11.4 Å². The van der Waals surface area contributed by atoms with Crippen LogP contribution < -0.4 is 15.4 Å². The number of nitrogens with one attached hydrogen (secondary N) is 2. The molecule has 0 saturated carbocycles. The first-order valence-corrected chi connectivity index (χ1v) is 8.47. The quantitative estimate of drug-likeness (QED) is 0.779. The van der Waals surface area contributed by atoms with Crippen LogP contribution in [0.25, 0.3) is 0 Å². The van der Waals surface area contributed by atoms with Gasteiger partial charge in [0.1, 0.15) is 5.75 Å². The van der Waals surface area contributed by atoms with Crippen LogP contribution in [0.15, 0.2) is 48.5 Å². The lowest BCUT2D eigenvalue weighted by Gasteiger charge is -2.23. The summed E-state index contributed by atoms with van der Waals surface area (Å²) >= 11 is 5.91. The van der Waals surface area contributed by atoms with E-state index in [0.717, 1.165) is 0 Å². The number of methoxy groups -OCH3 is 1. The second-order valence-corrected chi connectivity index (χ2v) is 6.31. The number of hydrogen-bond acceptors (Lipinski definition) is 4. The molecular weight excluding hydrogens is 354 g/mol. The molecule has 6 nitrogen and oxygen atoms in total. The van der Waals surface area contributed by atoms with Crippen molar-refractivity contribution in [2.24, 2.45) is 0 Å². The summed E-state index contributed by atoms with van der Waals surface area (Å²) in [4.78, 5) is 26.2. The average molecular weight is 376 g/mol. The molecule has 0 aliphatic heterocycles. The SMILES string of the molecule is COc1cccc(NC(=O)CN(C)[C@@H](C)C(=O)Nc2cccc(Cl)c2)c1. The van der Waals surface area contributed by atoms with Gasteiger partial charge in [-0.25, -0.2) is 0 Å². The number of carbonyl (C=O) groups is 2. The Labute approximate surface area is 158 Å². The third kappa shape index (κ3) is 5.75. The highest BCUT2D eigenvalue weighted by Gasteiger charge is 2.20. The van der Waals surface area contributed by atoms with Gasteiger partial charge in [0.2, 0.25) is 11.8 Å². The molecule has 2 aromatic carbocycles. The van der Waals surface area contributed by atoms with Crippen molar-refractivity contribution in [3.8, 4) is 5.75 Å². The molecule has 2 amide bonds. The molecule has 0 heterocycles. The number of rotatable bonds is 7. The van der Waals surface area contributed by atoms with E-state index in [1.54, 1.807) is 74.5 Å². The first kappa shape index (κ1) is 19.8. The van der Waals surface area contributed by atoms with Crippen LogP contribution in [0.5, 0.6) is 5.75 Å². The highest BCUT2D eigenvalue weighted by Crippen LogP contribution is 2.17. The Bertz CT molecular complexity index is 782. The molecule has 2 N–H and O–H groups in total. The maximum Gasteiger partial charge on any atom is 0.241 e. The van der Waals surface area contributed by atoms with Crippen molar-refractivity contribution in [1.29, 1.82) is 0 Å². The van der Waals surface area contributed by atoms with E-state index in [0.29, 0.717) is 22.1 Å². The highest BCUT2D eigenvalue weighted by atomic mass is 35.5. The molecule has 0 saturated heterocycles. The van der Waals surface area contributed by atoms with Gasteiger partial charge in [-0.3, -0.25) is 14.5 Å². The van der Waals surface area contributed by atoms with Crippen LogP contribution in [0.1, 0.15) is 6.92 Å². The number of nitrogens with zero attached hydrogens (tertiary/aromatic N) is 1. The monoisotopic (exact) mass is 375 g/mol. The van der Waals surface area contributed by atoms with Gasteiger partial charge in [0.25, 0.3) is 0 Å². The largest absolute Gasteiger partial charge is 0.497 e. The van der Waals surface area contributed by atoms with Crippen molar-refractivity contribution in [3.05, 3.63) is 53.6 Å². The summed E-state index contributed by atoms with van der Waals surface area (Å²) in [6.45, 7) is 1.81. The second kappa shape index (κ2) is 9.22. The number of halogens is 1. The zero-order chi connectivity index (χ0) is 19.1. The van der Waals surface area contributed by atoms with E-state index < -0.39 is 6.04 Å². The molecule has 0 aliphatic rings. The number of amides is 2. The summed E-state index contributed by atoms with van der Waals surface area (Å²) in [6, 6.07) is 13.5. The third-order valence-corrected chi connectivity index (χ3v) is 4.11. The molecular formula is C19H22ClN3O3. The van der Waals surface area contributed by atoms with Gasteiger partial charge in [0, 0.05) is 22.5 Å². The molecule has 0 fully saturated rings. The minimum atomic E-state index is -0.495. The van der Waals surface area contributed by atoms with Crippen molar-refractivity contribution in [1.82, 2.24) is 4.90 Å². The highest BCUT2D eigenvalue weighted by molar-refractivity contribution is 6.30. The normalized spacial score (nSPS) is 11.7. The van der Waals surface area contributed by atoms with Crippen LogP contribution in [-0.2, 0) is 9.59 Å². The smallest absolute Gasteiger partial charge is 0.241 e. The van der Waals surface area contributed by atoms with Gasteiger partial charge in [-0.1, -0.05) is 23.7 Å². The Morgan fingerprint density at radius 2 is 1.77 bits per heavy atom. The van der Waals surface area contributed by atoms with Gasteiger partial charge in [-0.2, -0.15) is 0 Å². The fourth-order valence-electron chi connectivity index (χ4n) is 2.28. The lowest BCUT2D eigenvalue weighted by Crippen LogP contribution is -2.43. The van der Waals surface area contributed by atoms with Gasteiger partial charge in [0.15, 0.2) is 0 Å². The van der Waals surface area contributed by atoms with Gasteiger partial charge >= 0.3 is 0 Å². The van der Waals surface area contributed by atoms with Crippen molar-refractivity contribution in [2.75, 3.05) is 31.3 Å². The molecule has 0 spiro atoms. The fraction of sp³-hybridized carbons (Fsp3) is 0.263. The number of anilines is 2. The lowest BCUT2D eigenvalue weighted by atomic mass is 10.2. The lowest BCUT2D eigenvalue weighted by molar-refractivity contribution is -0.122. The third-order valence-electron chi connectivity index (χ3n) is 3.88. The summed E-state index contributed by atoms with van der Waals surface area (Å²) in [5, 5.41) is 6.12. The Hall–Kier alpha value is -2.57. The van der Waals surface area contributed by atoms with E-state index in [1.807, 2.05) is 0 Å². The average Bonchev–Trinajstić information content (AvgIpc) is 2.61. The molecule has 0 radical (unpaired) electrons. The zero-order valence-electron chi connectivity index (χ0n) is 15.0. The Kier molecular flexibility index (Phi) is 7.00. The number of ether oxygens (including phenoxy) is 1. The molecule has 2 aromatic rings. The van der Waals surface area contributed by atoms with Crippen LogP contribution in [0.2, 0.25) is 5.02 Å². The molecule has 7 heteroatoms.